The normalized spacial score (nSPS) is 19.0. The first-order valence-electron chi connectivity index (χ1n) is 10.5. The average molecular weight is 513 g/mol. The molecular weight excluding hydrogens is 494 g/mol. The van der Waals surface area contributed by atoms with Crippen LogP contribution in [0.25, 0.3) is 16.6 Å². The summed E-state index contributed by atoms with van der Waals surface area (Å²) >= 11 is 0. The van der Waals surface area contributed by atoms with Gasteiger partial charge in [-0.15, -0.1) is 0 Å². The van der Waals surface area contributed by atoms with Crippen molar-refractivity contribution in [1.29, 1.82) is 5.26 Å². The lowest BCUT2D eigenvalue weighted by Gasteiger charge is -2.22. The lowest BCUT2D eigenvalue weighted by atomic mass is 10.2. The van der Waals surface area contributed by atoms with Crippen LogP contribution in [0, 0.1) is 21.4 Å². The smallest absolute Gasteiger partial charge is 0.325 e. The minimum Gasteiger partial charge on any atom is -0.507 e. The number of para-hydroxylation sites is 3. The number of imidazole rings is 1. The number of benzene rings is 2. The molecule has 2 heterocycles. The Balaban J connectivity index is 1.56. The third kappa shape index (κ3) is 4.62. The number of carbonyl (C=O) groups excluding carboxylic acids is 1. The van der Waals surface area contributed by atoms with Gasteiger partial charge >= 0.3 is 5.97 Å². The van der Waals surface area contributed by atoms with Crippen LogP contribution in [0.4, 0.5) is 5.69 Å². The summed E-state index contributed by atoms with van der Waals surface area (Å²) in [5.41, 5.74) is 0.188. The number of sulfonamides is 1. The predicted molar refractivity (Wildman–Crippen MR) is 124 cm³/mol. The largest absolute Gasteiger partial charge is 0.507 e. The highest BCUT2D eigenvalue weighted by Gasteiger charge is 2.46. The summed E-state index contributed by atoms with van der Waals surface area (Å²) in [5, 5.41) is 41.3. The highest BCUT2D eigenvalue weighted by atomic mass is 32.2. The van der Waals surface area contributed by atoms with E-state index in [-0.39, 0.29) is 17.8 Å². The number of aromatic nitrogens is 2. The fourth-order valence-electron chi connectivity index (χ4n) is 3.85. The van der Waals surface area contributed by atoms with E-state index >= 15 is 0 Å². The number of H-pyrrole nitrogens is 1. The Bertz CT molecular complexity index is 1490. The summed E-state index contributed by atoms with van der Waals surface area (Å²) < 4.78 is 32.0. The van der Waals surface area contributed by atoms with E-state index in [1.54, 1.807) is 30.3 Å². The Labute approximate surface area is 204 Å². The summed E-state index contributed by atoms with van der Waals surface area (Å²) in [4.78, 5) is 29.7. The topological polar surface area (TPSA) is 200 Å². The molecule has 0 aliphatic carbocycles. The molecule has 2 atom stereocenters. The molecule has 36 heavy (non-hydrogen) atoms. The molecule has 3 N–H and O–H groups in total. The van der Waals surface area contributed by atoms with Crippen molar-refractivity contribution in [3.8, 4) is 6.07 Å². The Morgan fingerprint density at radius 1 is 1.28 bits per heavy atom. The molecule has 0 saturated carbocycles. The van der Waals surface area contributed by atoms with E-state index in [2.05, 4.69) is 9.97 Å². The molecule has 13 nitrogen and oxygen atoms in total. The first kappa shape index (κ1) is 24.8. The number of ether oxygens (including phenoxy) is 1. The molecule has 1 aromatic heterocycles. The molecule has 14 heteroatoms. The van der Waals surface area contributed by atoms with Gasteiger partial charge in [0, 0.05) is 19.0 Å². The van der Waals surface area contributed by atoms with Crippen molar-refractivity contribution in [2.45, 2.75) is 23.5 Å². The van der Waals surface area contributed by atoms with Crippen LogP contribution in [0.5, 0.6) is 0 Å². The SMILES string of the molecule is N#CC(=C(O)COC(=O)[C@H]1C[C@@H](O)CN1S(=O)(=O)c1ccccc1[N+](=O)[O-])c1nc2ccccc2[nH]1. The minimum atomic E-state index is -4.57. The van der Waals surface area contributed by atoms with E-state index < -0.39 is 62.6 Å². The van der Waals surface area contributed by atoms with Gasteiger partial charge in [0.05, 0.1) is 22.1 Å². The second kappa shape index (κ2) is 9.74. The van der Waals surface area contributed by atoms with Crippen molar-refractivity contribution in [3.63, 3.8) is 0 Å². The van der Waals surface area contributed by atoms with Gasteiger partial charge in [-0.25, -0.2) is 13.4 Å². The van der Waals surface area contributed by atoms with Crippen LogP contribution < -0.4 is 0 Å². The van der Waals surface area contributed by atoms with Gasteiger partial charge in [-0.1, -0.05) is 24.3 Å². The van der Waals surface area contributed by atoms with Gasteiger partial charge in [0.15, 0.2) is 16.5 Å². The molecular formula is C22H19N5O8S. The molecule has 1 fully saturated rings. The molecule has 1 aliphatic rings. The van der Waals surface area contributed by atoms with Crippen molar-refractivity contribution in [1.82, 2.24) is 14.3 Å². The highest BCUT2D eigenvalue weighted by Crippen LogP contribution is 2.32. The van der Waals surface area contributed by atoms with Gasteiger partial charge in [-0.3, -0.25) is 14.9 Å². The number of nitrogens with zero attached hydrogens (tertiary/aromatic N) is 4. The Morgan fingerprint density at radius 2 is 1.97 bits per heavy atom. The summed E-state index contributed by atoms with van der Waals surface area (Å²) in [6, 6.07) is 11.8. The number of hydrogen-bond acceptors (Lipinski definition) is 10. The maximum Gasteiger partial charge on any atom is 0.325 e. The van der Waals surface area contributed by atoms with Crippen LogP contribution in [0.1, 0.15) is 12.2 Å². The third-order valence-corrected chi connectivity index (χ3v) is 7.45. The van der Waals surface area contributed by atoms with Crippen LogP contribution >= 0.6 is 0 Å². The summed E-state index contributed by atoms with van der Waals surface area (Å²) in [7, 11) is -4.57. The number of rotatable bonds is 7. The molecule has 0 radical (unpaired) electrons. The van der Waals surface area contributed by atoms with Crippen molar-refractivity contribution in [3.05, 3.63) is 70.2 Å². The zero-order valence-corrected chi connectivity index (χ0v) is 19.3. The zero-order valence-electron chi connectivity index (χ0n) is 18.4. The molecule has 4 rings (SSSR count). The van der Waals surface area contributed by atoms with E-state index in [9.17, 15) is 38.8 Å². The van der Waals surface area contributed by atoms with E-state index in [1.807, 2.05) is 0 Å². The lowest BCUT2D eigenvalue weighted by molar-refractivity contribution is -0.387. The first-order chi connectivity index (χ1) is 17.1. The number of nitro benzene ring substituents is 1. The molecule has 0 bridgehead atoms. The maximum atomic E-state index is 13.2. The number of nitriles is 1. The van der Waals surface area contributed by atoms with Gasteiger partial charge in [-0.05, 0) is 18.2 Å². The molecule has 0 unspecified atom stereocenters. The number of carbonyl (C=O) groups is 1. The van der Waals surface area contributed by atoms with E-state index in [1.165, 1.54) is 12.1 Å². The van der Waals surface area contributed by atoms with E-state index in [4.69, 9.17) is 4.74 Å². The molecule has 0 amide bonds. The fraction of sp³-hybridized carbons (Fsp3) is 0.227. The maximum absolute atomic E-state index is 13.2. The summed E-state index contributed by atoms with van der Waals surface area (Å²) in [6.07, 6.45) is -1.55. The summed E-state index contributed by atoms with van der Waals surface area (Å²) in [5.74, 6) is -1.69. The standard InChI is InChI=1S/C22H19N5O8S/c23-10-14(21-24-15-5-1-2-6-16(15)25-21)19(29)12-35-22(30)18-9-13(28)11-26(18)36(33,34)20-8-4-3-7-17(20)27(31)32/h1-8,13,18,28-29H,9,11-12H2,(H,24,25)/t13-,18-/m1/s1. The number of β-amino-alcohol motifs (C(OH)–C–C–N with tert-alkyl or cyclic N) is 1. The molecule has 186 valence electrons. The van der Waals surface area contributed by atoms with Crippen LogP contribution in [-0.4, -0.2) is 69.1 Å². The molecule has 0 spiro atoms. The minimum absolute atomic E-state index is 0.0455. The monoisotopic (exact) mass is 513 g/mol. The number of aliphatic hydroxyl groups is 2. The van der Waals surface area contributed by atoms with Gasteiger partial charge < -0.3 is 19.9 Å². The molecule has 1 saturated heterocycles. The van der Waals surface area contributed by atoms with Crippen LogP contribution in [0.2, 0.25) is 0 Å². The molecule has 2 aromatic carbocycles. The van der Waals surface area contributed by atoms with Crippen LogP contribution in [0.3, 0.4) is 0 Å². The average Bonchev–Trinajstić information content (AvgIpc) is 3.47. The lowest BCUT2D eigenvalue weighted by Crippen LogP contribution is -2.41. The number of aromatic amines is 1. The number of allylic oxidation sites excluding steroid dienone is 1. The quantitative estimate of drug-likeness (QED) is 0.137. The number of fused-ring (bicyclic) bond motifs is 1. The third-order valence-electron chi connectivity index (χ3n) is 5.53. The predicted octanol–water partition coefficient (Wildman–Crippen LogP) is 1.63. The van der Waals surface area contributed by atoms with Crippen molar-refractivity contribution in [2.75, 3.05) is 13.2 Å². The molecule has 3 aromatic rings. The Kier molecular flexibility index (Phi) is 6.71. The zero-order chi connectivity index (χ0) is 26.0. The van der Waals surface area contributed by atoms with Crippen LogP contribution in [0.15, 0.2) is 59.2 Å². The second-order valence-electron chi connectivity index (χ2n) is 7.85. The van der Waals surface area contributed by atoms with Crippen molar-refractivity contribution < 1.29 is 33.1 Å². The number of nitro groups is 1. The van der Waals surface area contributed by atoms with Crippen LogP contribution in [-0.2, 0) is 19.6 Å². The van der Waals surface area contributed by atoms with E-state index in [0.717, 1.165) is 12.1 Å². The Morgan fingerprint density at radius 3 is 2.67 bits per heavy atom. The van der Waals surface area contributed by atoms with Crippen molar-refractivity contribution in [2.24, 2.45) is 0 Å². The number of aliphatic hydroxyl groups excluding tert-OH is 2. The number of esters is 1. The van der Waals surface area contributed by atoms with Crippen molar-refractivity contribution >= 4 is 38.3 Å². The van der Waals surface area contributed by atoms with Gasteiger partial charge in [0.1, 0.15) is 24.3 Å². The number of nitrogens with one attached hydrogen (secondary N) is 1. The number of hydrogen-bond donors (Lipinski definition) is 3. The van der Waals surface area contributed by atoms with Gasteiger partial charge in [0.2, 0.25) is 0 Å². The highest BCUT2D eigenvalue weighted by molar-refractivity contribution is 7.89. The van der Waals surface area contributed by atoms with E-state index in [0.29, 0.717) is 15.3 Å². The second-order valence-corrected chi connectivity index (χ2v) is 9.71. The fourth-order valence-corrected chi connectivity index (χ4v) is 5.64. The summed E-state index contributed by atoms with van der Waals surface area (Å²) in [6.45, 7) is -1.26. The Hall–Kier alpha value is -4.32. The van der Waals surface area contributed by atoms with Gasteiger partial charge in [-0.2, -0.15) is 9.57 Å². The van der Waals surface area contributed by atoms with Gasteiger partial charge in [0.25, 0.3) is 15.7 Å². The molecule has 1 aliphatic heterocycles. The first-order valence-corrected chi connectivity index (χ1v) is 11.9.